The van der Waals surface area contributed by atoms with E-state index >= 15 is 0 Å². The molecule has 1 N–H and O–H groups in total. The van der Waals surface area contributed by atoms with Crippen LogP contribution in [0.3, 0.4) is 0 Å². The Bertz CT molecular complexity index is 808. The number of hydrogen-bond donors (Lipinski definition) is 1. The summed E-state index contributed by atoms with van der Waals surface area (Å²) in [5.74, 6) is -0.0376. The van der Waals surface area contributed by atoms with Gasteiger partial charge in [0.2, 0.25) is 0 Å². The molecule has 0 radical (unpaired) electrons. The van der Waals surface area contributed by atoms with Crippen LogP contribution in [0.2, 0.25) is 0 Å². The molecule has 0 aliphatic heterocycles. The van der Waals surface area contributed by atoms with Crippen LogP contribution in [0.1, 0.15) is 11.1 Å². The molecule has 2 aromatic carbocycles. The summed E-state index contributed by atoms with van der Waals surface area (Å²) >= 11 is 2.85. The minimum atomic E-state index is -4.52. The molecule has 0 aliphatic rings. The Hall–Kier alpha value is -1.58. The van der Waals surface area contributed by atoms with E-state index in [0.717, 1.165) is 12.1 Å². The Labute approximate surface area is 139 Å². The molecule has 0 saturated heterocycles. The molecule has 0 unspecified atom stereocenters. The van der Waals surface area contributed by atoms with Crippen LogP contribution < -0.4 is 9.72 Å². The molecule has 0 saturated carbocycles. The summed E-state index contributed by atoms with van der Waals surface area (Å²) in [5.41, 5.74) is -0.746. The third-order valence-electron chi connectivity index (χ3n) is 2.96. The standard InChI is InChI=1S/C14H11BrF3NO3S/c1-9-12(8-7-11(13(9)15)14(16,17)18)22-19-23(20,21)10-5-3-2-4-6-10/h2-8,19H,1H3. The summed E-state index contributed by atoms with van der Waals surface area (Å²) in [6.07, 6.45) is -4.52. The molecule has 0 bridgehead atoms. The number of nitrogens with one attached hydrogen (secondary N) is 1. The Balaban J connectivity index is 2.24. The van der Waals surface area contributed by atoms with Gasteiger partial charge >= 0.3 is 6.18 Å². The molecule has 2 rings (SSSR count). The molecule has 0 spiro atoms. The van der Waals surface area contributed by atoms with Crippen molar-refractivity contribution >= 4 is 26.0 Å². The first-order valence-corrected chi connectivity index (χ1v) is 8.50. The lowest BCUT2D eigenvalue weighted by molar-refractivity contribution is -0.138. The highest BCUT2D eigenvalue weighted by Gasteiger charge is 2.34. The summed E-state index contributed by atoms with van der Waals surface area (Å²) in [5, 5.41) is 0. The fraction of sp³-hybridized carbons (Fsp3) is 0.143. The average molecular weight is 410 g/mol. The van der Waals surface area contributed by atoms with Crippen LogP contribution in [0.4, 0.5) is 13.2 Å². The molecule has 0 fully saturated rings. The predicted molar refractivity (Wildman–Crippen MR) is 81.3 cm³/mol. The van der Waals surface area contributed by atoms with Crippen molar-refractivity contribution in [2.75, 3.05) is 0 Å². The van der Waals surface area contributed by atoms with Gasteiger partial charge in [0.15, 0.2) is 5.75 Å². The van der Waals surface area contributed by atoms with E-state index in [4.69, 9.17) is 4.84 Å². The van der Waals surface area contributed by atoms with E-state index in [2.05, 4.69) is 15.9 Å². The van der Waals surface area contributed by atoms with Crippen LogP contribution in [-0.4, -0.2) is 8.42 Å². The molecule has 0 atom stereocenters. The molecule has 0 aromatic heterocycles. The molecular formula is C14H11BrF3NO3S. The number of alkyl halides is 3. The first-order valence-electron chi connectivity index (χ1n) is 6.23. The Morgan fingerprint density at radius 3 is 2.26 bits per heavy atom. The van der Waals surface area contributed by atoms with Crippen molar-refractivity contribution in [2.24, 2.45) is 0 Å². The highest BCUT2D eigenvalue weighted by atomic mass is 79.9. The van der Waals surface area contributed by atoms with Gasteiger partial charge in [-0.15, -0.1) is 0 Å². The zero-order chi connectivity index (χ0) is 17.3. The van der Waals surface area contributed by atoms with Gasteiger partial charge in [-0.1, -0.05) is 18.2 Å². The molecule has 0 heterocycles. The molecule has 23 heavy (non-hydrogen) atoms. The molecular weight excluding hydrogens is 399 g/mol. The van der Waals surface area contributed by atoms with Crippen LogP contribution in [-0.2, 0) is 16.2 Å². The maximum absolute atomic E-state index is 12.8. The van der Waals surface area contributed by atoms with Crippen LogP contribution in [0.25, 0.3) is 0 Å². The Morgan fingerprint density at radius 2 is 1.70 bits per heavy atom. The van der Waals surface area contributed by atoms with Crippen LogP contribution in [0.15, 0.2) is 51.8 Å². The van der Waals surface area contributed by atoms with Gasteiger partial charge in [-0.05, 0) is 52.0 Å². The zero-order valence-electron chi connectivity index (χ0n) is 11.7. The molecule has 2 aromatic rings. The lowest BCUT2D eigenvalue weighted by Gasteiger charge is -2.15. The fourth-order valence-corrected chi connectivity index (χ4v) is 3.11. The van der Waals surface area contributed by atoms with Crippen molar-refractivity contribution in [1.82, 2.24) is 4.89 Å². The van der Waals surface area contributed by atoms with Gasteiger partial charge in [0.05, 0.1) is 10.5 Å². The highest BCUT2D eigenvalue weighted by Crippen LogP contribution is 2.39. The van der Waals surface area contributed by atoms with E-state index in [0.29, 0.717) is 0 Å². The number of benzene rings is 2. The molecule has 0 amide bonds. The fourth-order valence-electron chi connectivity index (χ4n) is 1.74. The zero-order valence-corrected chi connectivity index (χ0v) is 14.1. The van der Waals surface area contributed by atoms with Gasteiger partial charge in [-0.3, -0.25) is 0 Å². The van der Waals surface area contributed by atoms with E-state index in [-0.39, 0.29) is 20.7 Å². The van der Waals surface area contributed by atoms with Gasteiger partial charge in [0.25, 0.3) is 10.0 Å². The third-order valence-corrected chi connectivity index (χ3v) is 5.17. The summed E-state index contributed by atoms with van der Waals surface area (Å²) < 4.78 is 62.1. The van der Waals surface area contributed by atoms with Gasteiger partial charge < -0.3 is 4.84 Å². The van der Waals surface area contributed by atoms with E-state index in [1.807, 2.05) is 4.89 Å². The smallest absolute Gasteiger partial charge is 0.393 e. The second-order valence-corrected chi connectivity index (χ2v) is 6.99. The van der Waals surface area contributed by atoms with Crippen LogP contribution in [0, 0.1) is 6.92 Å². The lowest BCUT2D eigenvalue weighted by atomic mass is 10.1. The molecule has 0 aliphatic carbocycles. The van der Waals surface area contributed by atoms with Crippen molar-refractivity contribution in [3.8, 4) is 5.75 Å². The van der Waals surface area contributed by atoms with E-state index in [9.17, 15) is 21.6 Å². The quantitative estimate of drug-likeness (QED) is 0.774. The van der Waals surface area contributed by atoms with E-state index in [1.54, 1.807) is 6.07 Å². The number of rotatable bonds is 4. The maximum atomic E-state index is 12.8. The summed E-state index contributed by atoms with van der Waals surface area (Å²) in [4.78, 5) is 6.83. The van der Waals surface area contributed by atoms with Crippen LogP contribution >= 0.6 is 15.9 Å². The number of sulfonamides is 1. The number of halogens is 4. The maximum Gasteiger partial charge on any atom is 0.417 e. The van der Waals surface area contributed by atoms with Crippen molar-refractivity contribution in [1.29, 1.82) is 0 Å². The third kappa shape index (κ3) is 4.04. The van der Waals surface area contributed by atoms with E-state index < -0.39 is 21.8 Å². The monoisotopic (exact) mass is 409 g/mol. The van der Waals surface area contributed by atoms with Crippen LogP contribution in [0.5, 0.6) is 5.75 Å². The van der Waals surface area contributed by atoms with Gasteiger partial charge in [-0.25, -0.2) is 8.42 Å². The summed E-state index contributed by atoms with van der Waals surface area (Å²) in [6, 6.07) is 9.31. The lowest BCUT2D eigenvalue weighted by Crippen LogP contribution is -2.27. The first kappa shape index (κ1) is 17.8. The predicted octanol–water partition coefficient (Wildman–Crippen LogP) is 4.05. The van der Waals surface area contributed by atoms with Crippen molar-refractivity contribution in [3.63, 3.8) is 0 Å². The largest absolute Gasteiger partial charge is 0.417 e. The van der Waals surface area contributed by atoms with Gasteiger partial charge in [0.1, 0.15) is 0 Å². The summed E-state index contributed by atoms with van der Waals surface area (Å²) in [7, 11) is -3.94. The minimum absolute atomic E-state index is 0.0244. The number of hydrogen-bond acceptors (Lipinski definition) is 3. The van der Waals surface area contributed by atoms with Crippen molar-refractivity contribution < 1.29 is 26.4 Å². The molecule has 9 heteroatoms. The Kier molecular flexibility index (Phi) is 5.02. The van der Waals surface area contributed by atoms with Crippen molar-refractivity contribution in [2.45, 2.75) is 18.0 Å². The first-order chi connectivity index (χ1) is 10.6. The minimum Gasteiger partial charge on any atom is -0.393 e. The highest BCUT2D eigenvalue weighted by molar-refractivity contribution is 9.10. The average Bonchev–Trinajstić information content (AvgIpc) is 2.48. The van der Waals surface area contributed by atoms with Gasteiger partial charge in [-0.2, -0.15) is 13.2 Å². The second kappa shape index (κ2) is 6.50. The SMILES string of the molecule is Cc1c(ONS(=O)(=O)c2ccccc2)ccc(C(F)(F)F)c1Br. The van der Waals surface area contributed by atoms with E-state index in [1.165, 1.54) is 31.2 Å². The van der Waals surface area contributed by atoms with Gasteiger partial charge in [0, 0.05) is 10.0 Å². The molecule has 124 valence electrons. The second-order valence-electron chi connectivity index (χ2n) is 4.55. The normalized spacial score (nSPS) is 12.2. The van der Waals surface area contributed by atoms with Crippen molar-refractivity contribution in [3.05, 3.63) is 58.1 Å². The summed E-state index contributed by atoms with van der Waals surface area (Å²) in [6.45, 7) is 1.38. The topological polar surface area (TPSA) is 55.4 Å². The molecule has 4 nitrogen and oxygen atoms in total. The Morgan fingerprint density at radius 1 is 1.09 bits per heavy atom.